The van der Waals surface area contributed by atoms with Crippen LogP contribution in [0.3, 0.4) is 0 Å². The van der Waals surface area contributed by atoms with Crippen LogP contribution in [0, 0.1) is 0 Å². The molecule has 0 atom stereocenters. The highest BCUT2D eigenvalue weighted by atomic mass is 19.4. The Morgan fingerprint density at radius 2 is 1.82 bits per heavy atom. The Hall–Kier alpha value is -1.97. The summed E-state index contributed by atoms with van der Waals surface area (Å²) >= 11 is 0. The maximum Gasteiger partial charge on any atom is 0.416 e. The van der Waals surface area contributed by atoms with Crippen molar-refractivity contribution in [2.75, 3.05) is 26.7 Å². The quantitative estimate of drug-likeness (QED) is 0.441. The van der Waals surface area contributed by atoms with Crippen molar-refractivity contribution < 1.29 is 26.3 Å². The standard InChI is InChI=1S/C18H24F6N4/c1-25-16(26-8-7-17(19,20)21)27-15-5-9-28(10-6-15)12-13-3-2-4-14(11-13)18(22,23)24/h2-4,11,15H,5-10,12H2,1H3,(H2,25,26,27). The highest BCUT2D eigenvalue weighted by Crippen LogP contribution is 2.30. The third-order valence-corrected chi connectivity index (χ3v) is 4.51. The number of nitrogens with one attached hydrogen (secondary N) is 2. The first-order valence-corrected chi connectivity index (χ1v) is 8.99. The summed E-state index contributed by atoms with van der Waals surface area (Å²) in [6.07, 6.45) is -8.08. The number of piperidine rings is 1. The summed E-state index contributed by atoms with van der Waals surface area (Å²) in [5.41, 5.74) is -0.0545. The van der Waals surface area contributed by atoms with Crippen molar-refractivity contribution in [2.24, 2.45) is 4.99 Å². The van der Waals surface area contributed by atoms with Gasteiger partial charge in [-0.2, -0.15) is 26.3 Å². The van der Waals surface area contributed by atoms with E-state index in [-0.39, 0.29) is 12.6 Å². The second-order valence-corrected chi connectivity index (χ2v) is 6.76. The van der Waals surface area contributed by atoms with Crippen molar-refractivity contribution in [2.45, 2.75) is 44.2 Å². The first-order valence-electron chi connectivity index (χ1n) is 8.99. The smallest absolute Gasteiger partial charge is 0.356 e. The molecule has 1 heterocycles. The number of nitrogens with zero attached hydrogens (tertiary/aromatic N) is 2. The molecule has 1 aliphatic heterocycles. The second kappa shape index (κ2) is 9.49. The molecule has 0 amide bonds. The number of rotatable bonds is 5. The van der Waals surface area contributed by atoms with Crippen LogP contribution >= 0.6 is 0 Å². The molecule has 1 aliphatic rings. The van der Waals surface area contributed by atoms with Crippen molar-refractivity contribution in [3.8, 4) is 0 Å². The van der Waals surface area contributed by atoms with Gasteiger partial charge >= 0.3 is 12.4 Å². The number of hydrogen-bond donors (Lipinski definition) is 2. The van der Waals surface area contributed by atoms with Gasteiger partial charge in [0.05, 0.1) is 12.0 Å². The minimum Gasteiger partial charge on any atom is -0.356 e. The highest BCUT2D eigenvalue weighted by Gasteiger charge is 2.30. The number of halogens is 6. The maximum atomic E-state index is 12.8. The molecule has 1 fully saturated rings. The van der Waals surface area contributed by atoms with E-state index in [1.165, 1.54) is 13.1 Å². The SMILES string of the molecule is CN=C(NCCC(F)(F)F)NC1CCN(Cc2cccc(C(F)(F)F)c2)CC1. The van der Waals surface area contributed by atoms with Crippen molar-refractivity contribution in [3.63, 3.8) is 0 Å². The van der Waals surface area contributed by atoms with Crippen LogP contribution in [0.5, 0.6) is 0 Å². The number of benzene rings is 1. The van der Waals surface area contributed by atoms with Gasteiger partial charge in [0.25, 0.3) is 0 Å². The molecule has 1 aromatic carbocycles. The zero-order valence-corrected chi connectivity index (χ0v) is 15.5. The molecule has 2 rings (SSSR count). The molecule has 4 nitrogen and oxygen atoms in total. The van der Waals surface area contributed by atoms with Gasteiger partial charge in [0.2, 0.25) is 0 Å². The van der Waals surface area contributed by atoms with Gasteiger partial charge in [0, 0.05) is 39.3 Å². The third-order valence-electron chi connectivity index (χ3n) is 4.51. The van der Waals surface area contributed by atoms with Crippen molar-refractivity contribution >= 4 is 5.96 Å². The fourth-order valence-corrected chi connectivity index (χ4v) is 3.05. The maximum absolute atomic E-state index is 12.8. The Bertz CT molecular complexity index is 648. The zero-order valence-electron chi connectivity index (χ0n) is 15.5. The highest BCUT2D eigenvalue weighted by molar-refractivity contribution is 5.79. The Morgan fingerprint density at radius 1 is 1.14 bits per heavy atom. The first-order chi connectivity index (χ1) is 13.1. The molecule has 1 aromatic rings. The molecular weight excluding hydrogens is 386 g/mol. The number of likely N-dealkylation sites (tertiary alicyclic amines) is 1. The van der Waals surface area contributed by atoms with Crippen LogP contribution < -0.4 is 10.6 Å². The van der Waals surface area contributed by atoms with Gasteiger partial charge in [-0.05, 0) is 24.5 Å². The molecule has 1 saturated heterocycles. The summed E-state index contributed by atoms with van der Waals surface area (Å²) in [5.74, 6) is 0.320. The van der Waals surface area contributed by atoms with E-state index in [2.05, 4.69) is 20.5 Å². The summed E-state index contributed by atoms with van der Waals surface area (Å²) in [6.45, 7) is 1.52. The fourth-order valence-electron chi connectivity index (χ4n) is 3.05. The largest absolute Gasteiger partial charge is 0.416 e. The van der Waals surface area contributed by atoms with Gasteiger partial charge in [0.1, 0.15) is 0 Å². The average Bonchev–Trinajstić information content (AvgIpc) is 2.61. The van der Waals surface area contributed by atoms with E-state index in [1.807, 2.05) is 0 Å². The van der Waals surface area contributed by atoms with Gasteiger partial charge < -0.3 is 10.6 Å². The van der Waals surface area contributed by atoms with Crippen LogP contribution in [-0.2, 0) is 12.7 Å². The number of hydrogen-bond acceptors (Lipinski definition) is 2. The van der Waals surface area contributed by atoms with Gasteiger partial charge in [-0.25, -0.2) is 0 Å². The van der Waals surface area contributed by atoms with Crippen molar-refractivity contribution in [1.29, 1.82) is 0 Å². The Balaban J connectivity index is 1.78. The first kappa shape index (κ1) is 22.3. The summed E-state index contributed by atoms with van der Waals surface area (Å²) in [7, 11) is 1.49. The third kappa shape index (κ3) is 7.57. The minimum atomic E-state index is -4.36. The second-order valence-electron chi connectivity index (χ2n) is 6.76. The molecule has 0 radical (unpaired) electrons. The summed E-state index contributed by atoms with van der Waals surface area (Å²) < 4.78 is 75.1. The van der Waals surface area contributed by atoms with Crippen LogP contribution in [0.4, 0.5) is 26.3 Å². The molecule has 158 valence electrons. The molecule has 0 unspecified atom stereocenters. The molecule has 10 heteroatoms. The molecule has 28 heavy (non-hydrogen) atoms. The zero-order chi connectivity index (χ0) is 20.8. The van der Waals surface area contributed by atoms with Gasteiger partial charge in [-0.1, -0.05) is 18.2 Å². The lowest BCUT2D eigenvalue weighted by Gasteiger charge is -2.33. The predicted octanol–water partition coefficient (Wildman–Crippen LogP) is 3.79. The predicted molar refractivity (Wildman–Crippen MR) is 94.9 cm³/mol. The van der Waals surface area contributed by atoms with Gasteiger partial charge in [-0.15, -0.1) is 0 Å². The van der Waals surface area contributed by atoms with Gasteiger partial charge in [-0.3, -0.25) is 9.89 Å². The molecule has 0 aromatic heterocycles. The Kier molecular flexibility index (Phi) is 7.56. The van der Waals surface area contributed by atoms with Crippen LogP contribution in [0.1, 0.15) is 30.4 Å². The molecule has 2 N–H and O–H groups in total. The van der Waals surface area contributed by atoms with E-state index in [1.54, 1.807) is 6.07 Å². The lowest BCUT2D eigenvalue weighted by atomic mass is 10.0. The number of guanidine groups is 1. The van der Waals surface area contributed by atoms with Crippen molar-refractivity contribution in [3.05, 3.63) is 35.4 Å². The van der Waals surface area contributed by atoms with E-state index < -0.39 is 24.3 Å². The van der Waals surface area contributed by atoms with E-state index >= 15 is 0 Å². The Morgan fingerprint density at radius 3 is 2.39 bits per heavy atom. The van der Waals surface area contributed by atoms with E-state index in [4.69, 9.17) is 0 Å². The summed E-state index contributed by atoms with van der Waals surface area (Å²) in [6, 6.07) is 5.35. The monoisotopic (exact) mass is 410 g/mol. The molecular formula is C18H24F6N4. The van der Waals surface area contributed by atoms with Crippen LogP contribution in [0.2, 0.25) is 0 Å². The normalized spacial score (nSPS) is 17.6. The van der Waals surface area contributed by atoms with Crippen LogP contribution in [-0.4, -0.2) is 49.8 Å². The molecule has 0 spiro atoms. The van der Waals surface area contributed by atoms with E-state index in [0.717, 1.165) is 25.0 Å². The lowest BCUT2D eigenvalue weighted by molar-refractivity contribution is -0.137. The number of aliphatic imine (C=N–C) groups is 1. The van der Waals surface area contributed by atoms with Crippen molar-refractivity contribution in [1.82, 2.24) is 15.5 Å². The van der Waals surface area contributed by atoms with E-state index in [0.29, 0.717) is 31.2 Å². The summed E-state index contributed by atoms with van der Waals surface area (Å²) in [4.78, 5) is 5.99. The lowest BCUT2D eigenvalue weighted by Crippen LogP contribution is -2.48. The fraction of sp³-hybridized carbons (Fsp3) is 0.611. The molecule has 0 aliphatic carbocycles. The minimum absolute atomic E-state index is 0.0508. The number of alkyl halides is 6. The van der Waals surface area contributed by atoms with Crippen LogP contribution in [0.25, 0.3) is 0 Å². The molecule has 0 saturated carbocycles. The molecule has 0 bridgehead atoms. The topological polar surface area (TPSA) is 39.7 Å². The summed E-state index contributed by atoms with van der Waals surface area (Å²) in [5, 5.41) is 5.74. The van der Waals surface area contributed by atoms with Gasteiger partial charge in [0.15, 0.2) is 5.96 Å². The average molecular weight is 410 g/mol. The van der Waals surface area contributed by atoms with Crippen LogP contribution in [0.15, 0.2) is 29.3 Å². The van der Waals surface area contributed by atoms with E-state index in [9.17, 15) is 26.3 Å². The Labute approximate surface area is 160 Å².